The van der Waals surface area contributed by atoms with Crippen LogP contribution in [-0.2, 0) is 21.2 Å². The average molecular weight is 405 g/mol. The predicted molar refractivity (Wildman–Crippen MR) is 111 cm³/mol. The lowest BCUT2D eigenvalue weighted by molar-refractivity contribution is -0.120. The highest BCUT2D eigenvalue weighted by molar-refractivity contribution is 7.99. The Morgan fingerprint density at radius 3 is 2.26 bits per heavy atom. The van der Waals surface area contributed by atoms with Gasteiger partial charge in [-0.1, -0.05) is 54.6 Å². The van der Waals surface area contributed by atoms with E-state index in [-0.39, 0.29) is 24.6 Å². The number of amides is 1. The minimum atomic E-state index is -3.28. The van der Waals surface area contributed by atoms with Crippen molar-refractivity contribution in [3.05, 3.63) is 60.2 Å². The van der Waals surface area contributed by atoms with Gasteiger partial charge in [0.1, 0.15) is 0 Å². The fourth-order valence-corrected chi connectivity index (χ4v) is 5.46. The zero-order chi connectivity index (χ0) is 19.1. The van der Waals surface area contributed by atoms with Crippen molar-refractivity contribution in [2.45, 2.75) is 6.42 Å². The van der Waals surface area contributed by atoms with Crippen molar-refractivity contribution in [1.29, 1.82) is 0 Å². The lowest BCUT2D eigenvalue weighted by atomic mass is 10.0. The molecule has 1 N–H and O–H groups in total. The molecule has 0 saturated carbocycles. The van der Waals surface area contributed by atoms with Crippen molar-refractivity contribution in [2.24, 2.45) is 0 Å². The van der Waals surface area contributed by atoms with Crippen LogP contribution >= 0.6 is 11.8 Å². The molecule has 0 aliphatic carbocycles. The third-order valence-electron chi connectivity index (χ3n) is 4.47. The highest BCUT2D eigenvalue weighted by Crippen LogP contribution is 2.19. The van der Waals surface area contributed by atoms with Crippen LogP contribution in [0.5, 0.6) is 0 Å². The van der Waals surface area contributed by atoms with Crippen LogP contribution in [0, 0.1) is 0 Å². The number of benzene rings is 2. The van der Waals surface area contributed by atoms with Gasteiger partial charge < -0.3 is 5.32 Å². The minimum Gasteiger partial charge on any atom is -0.355 e. The summed E-state index contributed by atoms with van der Waals surface area (Å²) in [5.41, 5.74) is 3.14. The van der Waals surface area contributed by atoms with Gasteiger partial charge in [-0.25, -0.2) is 12.7 Å². The van der Waals surface area contributed by atoms with E-state index in [1.165, 1.54) is 4.31 Å². The van der Waals surface area contributed by atoms with Crippen molar-refractivity contribution in [3.8, 4) is 11.1 Å². The normalized spacial score (nSPS) is 15.4. The summed E-state index contributed by atoms with van der Waals surface area (Å²) >= 11 is 1.77. The second-order valence-corrected chi connectivity index (χ2v) is 9.73. The molecule has 1 fully saturated rings. The molecule has 1 saturated heterocycles. The standard InChI is InChI=1S/C20H24N2O3S2/c23-20(21-10-15-27(24,25)22-11-13-26-14-12-22)16-17-6-8-19(9-7-17)18-4-2-1-3-5-18/h1-9H,10-16H2,(H,21,23). The van der Waals surface area contributed by atoms with Crippen LogP contribution in [0.3, 0.4) is 0 Å². The maximum atomic E-state index is 12.3. The molecule has 0 aromatic heterocycles. The van der Waals surface area contributed by atoms with Gasteiger partial charge in [-0.3, -0.25) is 4.79 Å². The lowest BCUT2D eigenvalue weighted by Gasteiger charge is -2.25. The molecule has 0 bridgehead atoms. The van der Waals surface area contributed by atoms with Gasteiger partial charge >= 0.3 is 0 Å². The quantitative estimate of drug-likeness (QED) is 0.770. The molecule has 0 atom stereocenters. The van der Waals surface area contributed by atoms with E-state index in [2.05, 4.69) is 5.32 Å². The van der Waals surface area contributed by atoms with Gasteiger partial charge in [0.15, 0.2) is 0 Å². The van der Waals surface area contributed by atoms with E-state index in [1.807, 2.05) is 54.6 Å². The first-order valence-electron chi connectivity index (χ1n) is 9.01. The summed E-state index contributed by atoms with van der Waals surface area (Å²) in [6.07, 6.45) is 0.246. The van der Waals surface area contributed by atoms with Crippen LogP contribution in [-0.4, -0.2) is 55.5 Å². The van der Waals surface area contributed by atoms with Crippen LogP contribution in [0.25, 0.3) is 11.1 Å². The Hall–Kier alpha value is -1.83. The maximum absolute atomic E-state index is 12.3. The molecule has 2 aromatic rings. The molecule has 1 heterocycles. The second-order valence-electron chi connectivity index (χ2n) is 6.42. The summed E-state index contributed by atoms with van der Waals surface area (Å²) in [6, 6.07) is 17.9. The summed E-state index contributed by atoms with van der Waals surface area (Å²) in [4.78, 5) is 12.1. The third kappa shape index (κ3) is 5.82. The molecule has 1 amide bonds. The zero-order valence-electron chi connectivity index (χ0n) is 15.1. The molecule has 1 aliphatic rings. The largest absolute Gasteiger partial charge is 0.355 e. The number of nitrogens with one attached hydrogen (secondary N) is 1. The molecule has 144 valence electrons. The molecule has 5 nitrogen and oxygen atoms in total. The monoisotopic (exact) mass is 404 g/mol. The topological polar surface area (TPSA) is 66.5 Å². The van der Waals surface area contributed by atoms with Gasteiger partial charge in [0.05, 0.1) is 12.2 Å². The number of hydrogen-bond donors (Lipinski definition) is 1. The fourth-order valence-electron chi connectivity index (χ4n) is 2.97. The average Bonchev–Trinajstić information content (AvgIpc) is 2.70. The first-order chi connectivity index (χ1) is 13.0. The summed E-state index contributed by atoms with van der Waals surface area (Å²) in [5.74, 6) is 1.47. The fraction of sp³-hybridized carbons (Fsp3) is 0.350. The third-order valence-corrected chi connectivity index (χ3v) is 7.29. The van der Waals surface area contributed by atoms with Gasteiger partial charge in [0.25, 0.3) is 0 Å². The number of carbonyl (C=O) groups excluding carboxylic acids is 1. The highest BCUT2D eigenvalue weighted by Gasteiger charge is 2.23. The van der Waals surface area contributed by atoms with E-state index in [4.69, 9.17) is 0 Å². The number of nitrogens with zero attached hydrogens (tertiary/aromatic N) is 1. The summed E-state index contributed by atoms with van der Waals surface area (Å²) in [5, 5.41) is 2.72. The van der Waals surface area contributed by atoms with Crippen LogP contribution in [0.4, 0.5) is 0 Å². The molecule has 0 radical (unpaired) electrons. The summed E-state index contributed by atoms with van der Waals surface area (Å²) in [7, 11) is -3.28. The molecule has 27 heavy (non-hydrogen) atoms. The van der Waals surface area contributed by atoms with E-state index in [9.17, 15) is 13.2 Å². The SMILES string of the molecule is O=C(Cc1ccc(-c2ccccc2)cc1)NCCS(=O)(=O)N1CCSCC1. The zero-order valence-corrected chi connectivity index (χ0v) is 16.8. The Kier molecular flexibility index (Phi) is 6.93. The van der Waals surface area contributed by atoms with Gasteiger partial charge in [0.2, 0.25) is 15.9 Å². The van der Waals surface area contributed by atoms with Gasteiger partial charge in [0, 0.05) is 31.1 Å². The number of hydrogen-bond acceptors (Lipinski definition) is 4. The van der Waals surface area contributed by atoms with E-state index in [1.54, 1.807) is 11.8 Å². The molecule has 3 rings (SSSR count). The Labute approximate surface area is 165 Å². The van der Waals surface area contributed by atoms with Crippen LogP contribution in [0.15, 0.2) is 54.6 Å². The Balaban J connectivity index is 1.46. The first-order valence-corrected chi connectivity index (χ1v) is 11.8. The Morgan fingerprint density at radius 1 is 0.963 bits per heavy atom. The Bertz CT molecular complexity index is 847. The molecule has 0 unspecified atom stereocenters. The molecule has 1 aliphatic heterocycles. The molecule has 0 spiro atoms. The van der Waals surface area contributed by atoms with Crippen molar-refractivity contribution in [2.75, 3.05) is 36.9 Å². The van der Waals surface area contributed by atoms with E-state index >= 15 is 0 Å². The van der Waals surface area contributed by atoms with E-state index in [0.29, 0.717) is 13.1 Å². The number of sulfonamides is 1. The van der Waals surface area contributed by atoms with Crippen LogP contribution in [0.2, 0.25) is 0 Å². The summed E-state index contributed by atoms with van der Waals surface area (Å²) in [6.45, 7) is 1.27. The number of rotatable bonds is 7. The van der Waals surface area contributed by atoms with Crippen molar-refractivity contribution in [1.82, 2.24) is 9.62 Å². The summed E-state index contributed by atoms with van der Waals surface area (Å²) < 4.78 is 26.1. The van der Waals surface area contributed by atoms with Crippen molar-refractivity contribution < 1.29 is 13.2 Å². The van der Waals surface area contributed by atoms with Crippen molar-refractivity contribution >= 4 is 27.7 Å². The molecular formula is C20H24N2O3S2. The number of carbonyl (C=O) groups is 1. The number of thioether (sulfide) groups is 1. The molecular weight excluding hydrogens is 380 g/mol. The van der Waals surface area contributed by atoms with Gasteiger partial charge in [-0.15, -0.1) is 0 Å². The van der Waals surface area contributed by atoms with Crippen LogP contribution < -0.4 is 5.32 Å². The maximum Gasteiger partial charge on any atom is 0.224 e. The predicted octanol–water partition coefficient (Wildman–Crippen LogP) is 2.39. The molecule has 2 aromatic carbocycles. The van der Waals surface area contributed by atoms with Gasteiger partial charge in [-0.05, 0) is 16.7 Å². The van der Waals surface area contributed by atoms with E-state index in [0.717, 1.165) is 28.2 Å². The van der Waals surface area contributed by atoms with E-state index < -0.39 is 10.0 Å². The highest BCUT2D eigenvalue weighted by atomic mass is 32.2. The van der Waals surface area contributed by atoms with Crippen LogP contribution in [0.1, 0.15) is 5.56 Å². The smallest absolute Gasteiger partial charge is 0.224 e. The van der Waals surface area contributed by atoms with Gasteiger partial charge in [-0.2, -0.15) is 11.8 Å². The second kappa shape index (κ2) is 9.39. The minimum absolute atomic E-state index is 0.0453. The Morgan fingerprint density at radius 2 is 1.59 bits per heavy atom. The lowest BCUT2D eigenvalue weighted by Crippen LogP contribution is -2.42. The molecule has 7 heteroatoms. The van der Waals surface area contributed by atoms with Crippen molar-refractivity contribution in [3.63, 3.8) is 0 Å². The first kappa shape index (κ1) is 19.9.